The lowest BCUT2D eigenvalue weighted by Crippen LogP contribution is -2.12. The molecule has 0 atom stereocenters. The molecule has 0 aliphatic heterocycles. The largest absolute Gasteiger partial charge is 0.496 e. The summed E-state index contributed by atoms with van der Waals surface area (Å²) >= 11 is 0. The number of ether oxygens (including phenoxy) is 1. The summed E-state index contributed by atoms with van der Waals surface area (Å²) in [4.78, 5) is 0. The number of aryl methyl sites for hydroxylation is 1. The SMILES string of the molecule is COc1cc(F)c(C)cc1CC1(O)CC1. The molecule has 2 rings (SSSR count). The first kappa shape index (κ1) is 10.4. The van der Waals surface area contributed by atoms with Gasteiger partial charge in [-0.1, -0.05) is 0 Å². The number of aliphatic hydroxyl groups is 1. The van der Waals surface area contributed by atoms with Crippen LogP contribution in [-0.4, -0.2) is 17.8 Å². The van der Waals surface area contributed by atoms with Crippen molar-refractivity contribution < 1.29 is 14.2 Å². The lowest BCUT2D eigenvalue weighted by atomic mass is 10.0. The first-order valence-electron chi connectivity index (χ1n) is 5.09. The molecule has 2 nitrogen and oxygen atoms in total. The van der Waals surface area contributed by atoms with Gasteiger partial charge in [0.25, 0.3) is 0 Å². The van der Waals surface area contributed by atoms with Crippen molar-refractivity contribution in [2.24, 2.45) is 0 Å². The summed E-state index contributed by atoms with van der Waals surface area (Å²) in [7, 11) is 1.52. The number of halogens is 1. The third-order valence-corrected chi connectivity index (χ3v) is 2.91. The maximum absolute atomic E-state index is 13.3. The minimum atomic E-state index is -0.572. The van der Waals surface area contributed by atoms with Gasteiger partial charge in [0.05, 0.1) is 12.7 Å². The van der Waals surface area contributed by atoms with Crippen LogP contribution in [0.2, 0.25) is 0 Å². The molecule has 1 fully saturated rings. The molecular formula is C12H15FO2. The molecule has 0 aromatic heterocycles. The van der Waals surface area contributed by atoms with Crippen LogP contribution >= 0.6 is 0 Å². The van der Waals surface area contributed by atoms with E-state index in [-0.39, 0.29) is 5.82 Å². The Kier molecular flexibility index (Phi) is 2.43. The van der Waals surface area contributed by atoms with Crippen LogP contribution in [0.4, 0.5) is 4.39 Å². The predicted molar refractivity (Wildman–Crippen MR) is 55.6 cm³/mol. The zero-order chi connectivity index (χ0) is 11.1. The molecule has 0 saturated heterocycles. The van der Waals surface area contributed by atoms with Gasteiger partial charge in [-0.05, 0) is 37.0 Å². The lowest BCUT2D eigenvalue weighted by Gasteiger charge is -2.13. The van der Waals surface area contributed by atoms with Crippen LogP contribution in [-0.2, 0) is 6.42 Å². The lowest BCUT2D eigenvalue weighted by molar-refractivity contribution is 0.150. The van der Waals surface area contributed by atoms with Crippen molar-refractivity contribution >= 4 is 0 Å². The Bertz CT molecular complexity index is 383. The van der Waals surface area contributed by atoms with Crippen LogP contribution in [0.3, 0.4) is 0 Å². The Hall–Kier alpha value is -1.09. The van der Waals surface area contributed by atoms with Gasteiger partial charge in [-0.3, -0.25) is 0 Å². The zero-order valence-electron chi connectivity index (χ0n) is 9.01. The van der Waals surface area contributed by atoms with E-state index in [2.05, 4.69) is 0 Å². The number of rotatable bonds is 3. The fraction of sp³-hybridized carbons (Fsp3) is 0.500. The summed E-state index contributed by atoms with van der Waals surface area (Å²) in [6.45, 7) is 1.72. The Labute approximate surface area is 88.7 Å². The van der Waals surface area contributed by atoms with Crippen molar-refractivity contribution in [2.45, 2.75) is 31.8 Å². The van der Waals surface area contributed by atoms with Gasteiger partial charge >= 0.3 is 0 Å². The molecule has 0 bridgehead atoms. The molecule has 1 aliphatic carbocycles. The van der Waals surface area contributed by atoms with E-state index in [0.29, 0.717) is 17.7 Å². The fourth-order valence-electron chi connectivity index (χ4n) is 1.73. The normalized spacial score (nSPS) is 17.6. The van der Waals surface area contributed by atoms with E-state index in [1.165, 1.54) is 13.2 Å². The van der Waals surface area contributed by atoms with Gasteiger partial charge in [0.1, 0.15) is 11.6 Å². The summed E-state index contributed by atoms with van der Waals surface area (Å²) in [6.07, 6.45) is 2.20. The molecule has 1 aromatic carbocycles. The third kappa shape index (κ3) is 2.12. The second kappa shape index (κ2) is 3.49. The van der Waals surface area contributed by atoms with Crippen LogP contribution in [0, 0.1) is 12.7 Å². The van der Waals surface area contributed by atoms with Crippen molar-refractivity contribution in [1.29, 1.82) is 0 Å². The smallest absolute Gasteiger partial charge is 0.129 e. The van der Waals surface area contributed by atoms with Crippen LogP contribution in [0.5, 0.6) is 5.75 Å². The number of methoxy groups -OCH3 is 1. The quantitative estimate of drug-likeness (QED) is 0.828. The summed E-state index contributed by atoms with van der Waals surface area (Å²) in [5.41, 5.74) is 0.906. The summed E-state index contributed by atoms with van der Waals surface area (Å²) in [5.74, 6) is 0.261. The van der Waals surface area contributed by atoms with Crippen molar-refractivity contribution in [2.75, 3.05) is 7.11 Å². The molecule has 1 aliphatic rings. The summed E-state index contributed by atoms with van der Waals surface area (Å²) in [6, 6.07) is 3.14. The predicted octanol–water partition coefficient (Wildman–Crippen LogP) is 2.21. The van der Waals surface area contributed by atoms with Gasteiger partial charge in [-0.15, -0.1) is 0 Å². The second-order valence-corrected chi connectivity index (χ2v) is 4.31. The van der Waals surface area contributed by atoms with Gasteiger partial charge in [0.15, 0.2) is 0 Å². The van der Waals surface area contributed by atoms with E-state index in [1.54, 1.807) is 13.0 Å². The first-order valence-corrected chi connectivity index (χ1v) is 5.09. The molecule has 0 radical (unpaired) electrons. The Morgan fingerprint density at radius 3 is 2.67 bits per heavy atom. The minimum absolute atomic E-state index is 0.265. The molecule has 0 heterocycles. The molecule has 82 valence electrons. The molecule has 0 amide bonds. The van der Waals surface area contributed by atoms with E-state index in [1.807, 2.05) is 0 Å². The molecular weight excluding hydrogens is 195 g/mol. The maximum Gasteiger partial charge on any atom is 0.129 e. The van der Waals surface area contributed by atoms with Crippen LogP contribution in [0.15, 0.2) is 12.1 Å². The van der Waals surface area contributed by atoms with Crippen molar-refractivity contribution in [3.05, 3.63) is 29.1 Å². The Morgan fingerprint density at radius 2 is 2.13 bits per heavy atom. The molecule has 15 heavy (non-hydrogen) atoms. The average molecular weight is 210 g/mol. The number of hydrogen-bond acceptors (Lipinski definition) is 2. The third-order valence-electron chi connectivity index (χ3n) is 2.91. The highest BCUT2D eigenvalue weighted by atomic mass is 19.1. The van der Waals surface area contributed by atoms with E-state index in [9.17, 15) is 9.50 Å². The number of hydrogen-bond donors (Lipinski definition) is 1. The fourth-order valence-corrected chi connectivity index (χ4v) is 1.73. The van der Waals surface area contributed by atoms with Crippen LogP contribution < -0.4 is 4.74 Å². The number of benzene rings is 1. The summed E-state index contributed by atoms with van der Waals surface area (Å²) in [5, 5.41) is 9.81. The topological polar surface area (TPSA) is 29.5 Å². The molecule has 1 N–H and O–H groups in total. The molecule has 3 heteroatoms. The van der Waals surface area contributed by atoms with Crippen molar-refractivity contribution in [3.8, 4) is 5.75 Å². The summed E-state index contributed by atoms with van der Waals surface area (Å²) < 4.78 is 18.4. The molecule has 1 saturated carbocycles. The van der Waals surface area contributed by atoms with Gasteiger partial charge in [-0.2, -0.15) is 0 Å². The maximum atomic E-state index is 13.3. The highest BCUT2D eigenvalue weighted by Crippen LogP contribution is 2.40. The standard InChI is InChI=1S/C12H15FO2/c1-8-5-9(7-12(14)3-4-12)11(15-2)6-10(8)13/h5-6,14H,3-4,7H2,1-2H3. The van der Waals surface area contributed by atoms with Gasteiger partial charge in [-0.25, -0.2) is 4.39 Å². The van der Waals surface area contributed by atoms with Gasteiger partial charge < -0.3 is 9.84 Å². The van der Waals surface area contributed by atoms with E-state index < -0.39 is 5.60 Å². The van der Waals surface area contributed by atoms with Crippen molar-refractivity contribution in [1.82, 2.24) is 0 Å². The van der Waals surface area contributed by atoms with Gasteiger partial charge in [0.2, 0.25) is 0 Å². The highest BCUT2D eigenvalue weighted by Gasteiger charge is 2.40. The highest BCUT2D eigenvalue weighted by molar-refractivity contribution is 5.39. The van der Waals surface area contributed by atoms with Crippen LogP contribution in [0.1, 0.15) is 24.0 Å². The molecule has 0 unspecified atom stereocenters. The molecule has 1 aromatic rings. The zero-order valence-corrected chi connectivity index (χ0v) is 9.01. The second-order valence-electron chi connectivity index (χ2n) is 4.31. The monoisotopic (exact) mass is 210 g/mol. The van der Waals surface area contributed by atoms with E-state index >= 15 is 0 Å². The minimum Gasteiger partial charge on any atom is -0.496 e. The average Bonchev–Trinajstić information content (AvgIpc) is 2.89. The molecule has 0 spiro atoms. The van der Waals surface area contributed by atoms with Crippen molar-refractivity contribution in [3.63, 3.8) is 0 Å². The Balaban J connectivity index is 2.31. The first-order chi connectivity index (χ1) is 7.04. The van der Waals surface area contributed by atoms with Crippen LogP contribution in [0.25, 0.3) is 0 Å². The van der Waals surface area contributed by atoms with E-state index in [4.69, 9.17) is 4.74 Å². The van der Waals surface area contributed by atoms with E-state index in [0.717, 1.165) is 18.4 Å². The Morgan fingerprint density at radius 1 is 1.47 bits per heavy atom. The van der Waals surface area contributed by atoms with Gasteiger partial charge in [0, 0.05) is 12.5 Å².